The molecule has 0 unspecified atom stereocenters. The van der Waals surface area contributed by atoms with Crippen molar-refractivity contribution in [3.05, 3.63) is 58.9 Å². The zero-order valence-corrected chi connectivity index (χ0v) is 17.2. The maximum atomic E-state index is 14.2. The van der Waals surface area contributed by atoms with Gasteiger partial charge in [-0.2, -0.15) is 4.31 Å². The molecule has 6 nitrogen and oxygen atoms in total. The normalized spacial score (nSPS) is 11.5. The van der Waals surface area contributed by atoms with Crippen LogP contribution in [0.2, 0.25) is 0 Å². The first-order valence-electron chi connectivity index (χ1n) is 8.84. The molecule has 0 aliphatic carbocycles. The Labute approximate surface area is 164 Å². The van der Waals surface area contributed by atoms with Gasteiger partial charge in [0.05, 0.1) is 17.6 Å². The molecule has 2 aromatic rings. The SMILES string of the molecule is CCN(CC)S(=O)(=O)c1ccc(F)c(C(=O)OCc2cc(C)ccc2OC)c1. The Bertz CT molecular complexity index is 955. The monoisotopic (exact) mass is 409 g/mol. The van der Waals surface area contributed by atoms with Gasteiger partial charge in [-0.15, -0.1) is 0 Å². The summed E-state index contributed by atoms with van der Waals surface area (Å²) in [4.78, 5) is 12.2. The van der Waals surface area contributed by atoms with Crippen LogP contribution in [0.25, 0.3) is 0 Å². The first kappa shape index (κ1) is 21.8. The van der Waals surface area contributed by atoms with Crippen LogP contribution < -0.4 is 4.74 Å². The molecule has 0 bridgehead atoms. The lowest BCUT2D eigenvalue weighted by atomic mass is 10.1. The van der Waals surface area contributed by atoms with E-state index in [4.69, 9.17) is 9.47 Å². The topological polar surface area (TPSA) is 72.9 Å². The molecular weight excluding hydrogens is 385 g/mol. The number of rotatable bonds is 8. The Kier molecular flexibility index (Phi) is 7.15. The second kappa shape index (κ2) is 9.16. The zero-order valence-electron chi connectivity index (χ0n) is 16.4. The van der Waals surface area contributed by atoms with Crippen LogP contribution in [0.5, 0.6) is 5.75 Å². The minimum absolute atomic E-state index is 0.129. The van der Waals surface area contributed by atoms with E-state index in [1.807, 2.05) is 13.0 Å². The first-order valence-corrected chi connectivity index (χ1v) is 10.3. The molecule has 0 saturated heterocycles. The van der Waals surface area contributed by atoms with E-state index in [0.717, 1.165) is 23.8 Å². The minimum atomic E-state index is -3.82. The largest absolute Gasteiger partial charge is 0.496 e. The molecule has 152 valence electrons. The van der Waals surface area contributed by atoms with E-state index in [1.165, 1.54) is 11.4 Å². The van der Waals surface area contributed by atoms with Gasteiger partial charge in [-0.25, -0.2) is 17.6 Å². The number of aryl methyl sites for hydroxylation is 1. The molecule has 2 rings (SSSR count). The number of nitrogens with zero attached hydrogens (tertiary/aromatic N) is 1. The number of halogens is 1. The van der Waals surface area contributed by atoms with Gasteiger partial charge in [0.2, 0.25) is 10.0 Å². The quantitative estimate of drug-likeness (QED) is 0.624. The number of sulfonamides is 1. The number of hydrogen-bond donors (Lipinski definition) is 0. The molecular formula is C20H24FNO5S. The van der Waals surface area contributed by atoms with Crippen molar-refractivity contribution in [2.24, 2.45) is 0 Å². The predicted molar refractivity (Wildman–Crippen MR) is 103 cm³/mol. The van der Waals surface area contributed by atoms with Crippen molar-refractivity contribution in [2.45, 2.75) is 32.3 Å². The lowest BCUT2D eigenvalue weighted by Crippen LogP contribution is -2.30. The smallest absolute Gasteiger partial charge is 0.341 e. The first-order chi connectivity index (χ1) is 13.2. The number of benzene rings is 2. The summed E-state index contributed by atoms with van der Waals surface area (Å²) >= 11 is 0. The number of esters is 1. The zero-order chi connectivity index (χ0) is 20.9. The molecule has 0 heterocycles. The van der Waals surface area contributed by atoms with Crippen molar-refractivity contribution in [3.8, 4) is 5.75 Å². The standard InChI is InChI=1S/C20H24FNO5S/c1-5-22(6-2)28(24,25)16-8-9-18(21)17(12-16)20(23)27-13-15-11-14(3)7-10-19(15)26-4/h7-12H,5-6,13H2,1-4H3. The number of methoxy groups -OCH3 is 1. The van der Waals surface area contributed by atoms with Gasteiger partial charge in [-0.05, 0) is 37.3 Å². The summed E-state index contributed by atoms with van der Waals surface area (Å²) in [6, 6.07) is 8.51. The number of hydrogen-bond acceptors (Lipinski definition) is 5. The summed E-state index contributed by atoms with van der Waals surface area (Å²) in [6.07, 6.45) is 0. The van der Waals surface area contributed by atoms with Gasteiger partial charge in [0.1, 0.15) is 18.2 Å². The van der Waals surface area contributed by atoms with Gasteiger partial charge in [0.25, 0.3) is 0 Å². The van der Waals surface area contributed by atoms with Gasteiger partial charge in [-0.3, -0.25) is 0 Å². The molecule has 8 heteroatoms. The fraction of sp³-hybridized carbons (Fsp3) is 0.350. The van der Waals surface area contributed by atoms with Crippen LogP contribution in [-0.4, -0.2) is 38.9 Å². The molecule has 0 aliphatic heterocycles. The fourth-order valence-corrected chi connectivity index (χ4v) is 4.26. The third kappa shape index (κ3) is 4.69. The molecule has 0 atom stereocenters. The van der Waals surface area contributed by atoms with E-state index in [9.17, 15) is 17.6 Å². The summed E-state index contributed by atoms with van der Waals surface area (Å²) in [6.45, 7) is 5.69. The Balaban J connectivity index is 2.28. The molecule has 0 aliphatic rings. The van der Waals surface area contributed by atoms with E-state index in [0.29, 0.717) is 11.3 Å². The second-order valence-electron chi connectivity index (χ2n) is 6.12. The predicted octanol–water partition coefficient (Wildman–Crippen LogP) is 3.53. The molecule has 28 heavy (non-hydrogen) atoms. The van der Waals surface area contributed by atoms with Crippen LogP contribution in [0.3, 0.4) is 0 Å². The van der Waals surface area contributed by atoms with Crippen LogP contribution in [0.15, 0.2) is 41.3 Å². The highest BCUT2D eigenvalue weighted by Crippen LogP contribution is 2.23. The van der Waals surface area contributed by atoms with Gasteiger partial charge < -0.3 is 9.47 Å². The lowest BCUT2D eigenvalue weighted by molar-refractivity contribution is 0.0464. The molecule has 0 N–H and O–H groups in total. The van der Waals surface area contributed by atoms with Crippen LogP contribution in [0.1, 0.15) is 35.3 Å². The van der Waals surface area contributed by atoms with Crippen molar-refractivity contribution >= 4 is 16.0 Å². The Morgan fingerprint density at radius 2 is 1.79 bits per heavy atom. The van der Waals surface area contributed by atoms with Gasteiger partial charge in [0, 0.05) is 18.7 Å². The molecule has 0 spiro atoms. The molecule has 0 amide bonds. The molecule has 2 aromatic carbocycles. The summed E-state index contributed by atoms with van der Waals surface area (Å²) in [5, 5.41) is 0. The average molecular weight is 409 g/mol. The second-order valence-corrected chi connectivity index (χ2v) is 8.06. The third-order valence-corrected chi connectivity index (χ3v) is 6.34. The molecule has 0 fully saturated rings. The Morgan fingerprint density at radius 1 is 1.11 bits per heavy atom. The lowest BCUT2D eigenvalue weighted by Gasteiger charge is -2.18. The van der Waals surface area contributed by atoms with Gasteiger partial charge in [-0.1, -0.05) is 25.5 Å². The van der Waals surface area contributed by atoms with E-state index in [1.54, 1.807) is 26.0 Å². The highest BCUT2D eigenvalue weighted by molar-refractivity contribution is 7.89. The number of ether oxygens (including phenoxy) is 2. The van der Waals surface area contributed by atoms with Crippen LogP contribution >= 0.6 is 0 Å². The van der Waals surface area contributed by atoms with Gasteiger partial charge in [0.15, 0.2) is 0 Å². The maximum absolute atomic E-state index is 14.2. The summed E-state index contributed by atoms with van der Waals surface area (Å²) < 4.78 is 51.1. The molecule has 0 saturated carbocycles. The van der Waals surface area contributed by atoms with E-state index >= 15 is 0 Å². The average Bonchev–Trinajstić information content (AvgIpc) is 2.67. The van der Waals surface area contributed by atoms with Crippen molar-refractivity contribution in [1.82, 2.24) is 4.31 Å². The fourth-order valence-electron chi connectivity index (χ4n) is 2.78. The Morgan fingerprint density at radius 3 is 2.39 bits per heavy atom. The maximum Gasteiger partial charge on any atom is 0.341 e. The highest BCUT2D eigenvalue weighted by atomic mass is 32.2. The third-order valence-electron chi connectivity index (χ3n) is 4.30. The van der Waals surface area contributed by atoms with Crippen molar-refractivity contribution in [2.75, 3.05) is 20.2 Å². The Hall–Kier alpha value is -2.45. The summed E-state index contributed by atoms with van der Waals surface area (Å²) in [7, 11) is -2.32. The van der Waals surface area contributed by atoms with Crippen LogP contribution in [0.4, 0.5) is 4.39 Å². The van der Waals surface area contributed by atoms with Crippen molar-refractivity contribution in [1.29, 1.82) is 0 Å². The van der Waals surface area contributed by atoms with Crippen molar-refractivity contribution in [3.63, 3.8) is 0 Å². The minimum Gasteiger partial charge on any atom is -0.496 e. The van der Waals surface area contributed by atoms with E-state index < -0.39 is 27.4 Å². The number of carbonyl (C=O) groups excluding carboxylic acids is 1. The number of carbonyl (C=O) groups is 1. The van der Waals surface area contributed by atoms with Crippen LogP contribution in [-0.2, 0) is 21.4 Å². The highest BCUT2D eigenvalue weighted by Gasteiger charge is 2.25. The van der Waals surface area contributed by atoms with E-state index in [-0.39, 0.29) is 24.6 Å². The molecule has 0 aromatic heterocycles. The van der Waals surface area contributed by atoms with Crippen molar-refractivity contribution < 1.29 is 27.1 Å². The van der Waals surface area contributed by atoms with Crippen LogP contribution in [0, 0.1) is 12.7 Å². The summed E-state index contributed by atoms with van der Waals surface area (Å²) in [5.41, 5.74) is 1.15. The summed E-state index contributed by atoms with van der Waals surface area (Å²) in [5.74, 6) is -1.26. The molecule has 0 radical (unpaired) electrons. The van der Waals surface area contributed by atoms with E-state index in [2.05, 4.69) is 0 Å². The van der Waals surface area contributed by atoms with Gasteiger partial charge >= 0.3 is 5.97 Å².